The zero-order chi connectivity index (χ0) is 17.9. The number of hydrogen-bond acceptors (Lipinski definition) is 6. The van der Waals surface area contributed by atoms with Gasteiger partial charge in [0.05, 0.1) is 10.7 Å². The highest BCUT2D eigenvalue weighted by molar-refractivity contribution is 7.09. The lowest BCUT2D eigenvalue weighted by Gasteiger charge is -2.35. The van der Waals surface area contributed by atoms with Crippen LogP contribution in [-0.2, 0) is 0 Å². The van der Waals surface area contributed by atoms with Crippen LogP contribution in [0.5, 0.6) is 0 Å². The number of carbonyl (C=O) groups is 1. The zero-order valence-electron chi connectivity index (χ0n) is 14.5. The molecule has 132 valence electrons. The van der Waals surface area contributed by atoms with E-state index in [1.54, 1.807) is 6.33 Å². The Bertz CT molecular complexity index is 903. The summed E-state index contributed by atoms with van der Waals surface area (Å²) in [4.78, 5) is 29.7. The number of thiazole rings is 1. The van der Waals surface area contributed by atoms with E-state index in [2.05, 4.69) is 19.9 Å². The summed E-state index contributed by atoms with van der Waals surface area (Å²) in [5.74, 6) is 0.914. The molecule has 0 radical (unpaired) electrons. The van der Waals surface area contributed by atoms with Crippen LogP contribution in [0.2, 0.25) is 0 Å². The maximum Gasteiger partial charge on any atom is 0.273 e. The minimum atomic E-state index is 0.0154. The summed E-state index contributed by atoms with van der Waals surface area (Å²) in [5, 5.41) is 2.75. The number of rotatable bonds is 3. The molecule has 0 unspecified atom stereocenters. The van der Waals surface area contributed by atoms with Gasteiger partial charge >= 0.3 is 0 Å². The van der Waals surface area contributed by atoms with Gasteiger partial charge in [-0.3, -0.25) is 4.79 Å². The van der Waals surface area contributed by atoms with E-state index in [4.69, 9.17) is 0 Å². The van der Waals surface area contributed by atoms with Gasteiger partial charge in [0.15, 0.2) is 0 Å². The van der Waals surface area contributed by atoms with Crippen LogP contribution >= 0.6 is 11.3 Å². The quantitative estimate of drug-likeness (QED) is 0.714. The number of amides is 1. The number of aromatic nitrogens is 3. The standard InChI is InChI=1S/C19H19N5OS/c1-14-22-17(12-26-14)19(25)24-9-7-23(8-10-24)18-11-16(20-13-21-18)15-5-3-2-4-6-15/h2-6,11-13H,7-10H2,1H3. The second kappa shape index (κ2) is 7.21. The molecule has 26 heavy (non-hydrogen) atoms. The Morgan fingerprint density at radius 3 is 2.54 bits per heavy atom. The van der Waals surface area contributed by atoms with E-state index in [1.807, 2.05) is 53.6 Å². The molecule has 1 saturated heterocycles. The third-order valence-corrected chi connectivity index (χ3v) is 5.22. The number of carbonyl (C=O) groups excluding carboxylic acids is 1. The SMILES string of the molecule is Cc1nc(C(=O)N2CCN(c3cc(-c4ccccc4)ncn3)CC2)cs1. The lowest BCUT2D eigenvalue weighted by molar-refractivity contribution is 0.0741. The summed E-state index contributed by atoms with van der Waals surface area (Å²) in [5.41, 5.74) is 2.53. The van der Waals surface area contributed by atoms with E-state index < -0.39 is 0 Å². The molecule has 2 aromatic heterocycles. The first kappa shape index (κ1) is 16.7. The molecule has 1 aromatic carbocycles. The van der Waals surface area contributed by atoms with Crippen LogP contribution in [0.1, 0.15) is 15.5 Å². The minimum Gasteiger partial charge on any atom is -0.353 e. The Labute approximate surface area is 156 Å². The van der Waals surface area contributed by atoms with Crippen molar-refractivity contribution in [3.63, 3.8) is 0 Å². The van der Waals surface area contributed by atoms with Gasteiger partial charge in [-0.25, -0.2) is 15.0 Å². The van der Waals surface area contributed by atoms with Gasteiger partial charge in [-0.2, -0.15) is 0 Å². The van der Waals surface area contributed by atoms with Crippen molar-refractivity contribution in [2.45, 2.75) is 6.92 Å². The van der Waals surface area contributed by atoms with Crippen molar-refractivity contribution in [1.29, 1.82) is 0 Å². The number of benzene rings is 1. The molecule has 0 N–H and O–H groups in total. The van der Waals surface area contributed by atoms with Gasteiger partial charge in [0.25, 0.3) is 5.91 Å². The molecule has 3 heterocycles. The number of anilines is 1. The molecule has 6 nitrogen and oxygen atoms in total. The molecule has 3 aromatic rings. The van der Waals surface area contributed by atoms with Crippen molar-refractivity contribution in [3.05, 3.63) is 58.8 Å². The first-order valence-electron chi connectivity index (χ1n) is 8.54. The van der Waals surface area contributed by atoms with Gasteiger partial charge in [0.1, 0.15) is 17.8 Å². The molecule has 0 spiro atoms. The van der Waals surface area contributed by atoms with Gasteiger partial charge in [0, 0.05) is 43.2 Å². The topological polar surface area (TPSA) is 62.2 Å². The van der Waals surface area contributed by atoms with Gasteiger partial charge in [0.2, 0.25) is 0 Å². The lowest BCUT2D eigenvalue weighted by atomic mass is 10.1. The largest absolute Gasteiger partial charge is 0.353 e. The van der Waals surface area contributed by atoms with E-state index in [0.717, 1.165) is 35.2 Å². The van der Waals surface area contributed by atoms with E-state index in [1.165, 1.54) is 11.3 Å². The molecule has 1 amide bonds. The molecule has 0 bridgehead atoms. The number of nitrogens with zero attached hydrogens (tertiary/aromatic N) is 5. The van der Waals surface area contributed by atoms with Crippen molar-refractivity contribution in [3.8, 4) is 11.3 Å². The van der Waals surface area contributed by atoms with Crippen molar-refractivity contribution in [1.82, 2.24) is 19.9 Å². The first-order chi connectivity index (χ1) is 12.7. The van der Waals surface area contributed by atoms with Crippen molar-refractivity contribution >= 4 is 23.1 Å². The van der Waals surface area contributed by atoms with Crippen molar-refractivity contribution in [2.24, 2.45) is 0 Å². The second-order valence-electron chi connectivity index (χ2n) is 6.16. The van der Waals surface area contributed by atoms with Crippen LogP contribution in [0, 0.1) is 6.92 Å². The zero-order valence-corrected chi connectivity index (χ0v) is 15.3. The summed E-state index contributed by atoms with van der Waals surface area (Å²) >= 11 is 1.51. The average molecular weight is 365 g/mol. The summed E-state index contributed by atoms with van der Waals surface area (Å²) in [7, 11) is 0. The molecule has 7 heteroatoms. The number of piperazine rings is 1. The normalized spacial score (nSPS) is 14.5. The highest BCUT2D eigenvalue weighted by Crippen LogP contribution is 2.21. The van der Waals surface area contributed by atoms with Crippen LogP contribution in [-0.4, -0.2) is 51.9 Å². The monoisotopic (exact) mass is 365 g/mol. The van der Waals surface area contributed by atoms with Gasteiger partial charge in [-0.15, -0.1) is 11.3 Å². The molecule has 1 aliphatic heterocycles. The Morgan fingerprint density at radius 2 is 1.85 bits per heavy atom. The molecule has 4 rings (SSSR count). The number of aryl methyl sites for hydroxylation is 1. The third kappa shape index (κ3) is 3.43. The van der Waals surface area contributed by atoms with E-state index in [9.17, 15) is 4.79 Å². The average Bonchev–Trinajstić information content (AvgIpc) is 3.15. The molecular weight excluding hydrogens is 346 g/mol. The third-order valence-electron chi connectivity index (χ3n) is 4.45. The summed E-state index contributed by atoms with van der Waals surface area (Å²) < 4.78 is 0. The maximum atomic E-state index is 12.5. The van der Waals surface area contributed by atoms with E-state index in [0.29, 0.717) is 18.8 Å². The fraction of sp³-hybridized carbons (Fsp3) is 0.263. The predicted molar refractivity (Wildman–Crippen MR) is 102 cm³/mol. The smallest absolute Gasteiger partial charge is 0.273 e. The van der Waals surface area contributed by atoms with Crippen LogP contribution in [0.25, 0.3) is 11.3 Å². The second-order valence-corrected chi connectivity index (χ2v) is 7.22. The van der Waals surface area contributed by atoms with Crippen LogP contribution in [0.3, 0.4) is 0 Å². The highest BCUT2D eigenvalue weighted by atomic mass is 32.1. The van der Waals surface area contributed by atoms with Gasteiger partial charge in [-0.05, 0) is 6.92 Å². The molecule has 0 atom stereocenters. The molecular formula is C19H19N5OS. The van der Waals surface area contributed by atoms with Crippen LogP contribution < -0.4 is 4.90 Å². The molecule has 1 aliphatic rings. The Balaban J connectivity index is 1.44. The van der Waals surface area contributed by atoms with Gasteiger partial charge < -0.3 is 9.80 Å². The lowest BCUT2D eigenvalue weighted by Crippen LogP contribution is -2.49. The fourth-order valence-electron chi connectivity index (χ4n) is 3.05. The Hall–Kier alpha value is -2.80. The van der Waals surface area contributed by atoms with Crippen molar-refractivity contribution in [2.75, 3.05) is 31.1 Å². The first-order valence-corrected chi connectivity index (χ1v) is 9.42. The Morgan fingerprint density at radius 1 is 1.08 bits per heavy atom. The minimum absolute atomic E-state index is 0.0154. The van der Waals surface area contributed by atoms with Crippen LogP contribution in [0.15, 0.2) is 48.1 Å². The summed E-state index contributed by atoms with van der Waals surface area (Å²) in [6.45, 7) is 4.75. The Kier molecular flexibility index (Phi) is 4.62. The van der Waals surface area contributed by atoms with Gasteiger partial charge in [-0.1, -0.05) is 30.3 Å². The molecule has 0 aliphatic carbocycles. The highest BCUT2D eigenvalue weighted by Gasteiger charge is 2.24. The van der Waals surface area contributed by atoms with Crippen LogP contribution in [0.4, 0.5) is 5.82 Å². The summed E-state index contributed by atoms with van der Waals surface area (Å²) in [6, 6.07) is 12.1. The summed E-state index contributed by atoms with van der Waals surface area (Å²) in [6.07, 6.45) is 1.60. The molecule has 0 saturated carbocycles. The van der Waals surface area contributed by atoms with E-state index in [-0.39, 0.29) is 5.91 Å². The number of hydrogen-bond donors (Lipinski definition) is 0. The fourth-order valence-corrected chi connectivity index (χ4v) is 3.64. The molecule has 1 fully saturated rings. The maximum absolute atomic E-state index is 12.5. The predicted octanol–water partition coefficient (Wildman–Crippen LogP) is 2.87. The van der Waals surface area contributed by atoms with Crippen molar-refractivity contribution < 1.29 is 4.79 Å². The van der Waals surface area contributed by atoms with E-state index >= 15 is 0 Å².